The maximum atomic E-state index is 12.7. The van der Waals surface area contributed by atoms with Gasteiger partial charge in [0.15, 0.2) is 0 Å². The van der Waals surface area contributed by atoms with Crippen molar-refractivity contribution in [1.29, 1.82) is 0 Å². The molecule has 1 aromatic rings. The van der Waals surface area contributed by atoms with E-state index in [0.717, 1.165) is 5.56 Å². The van der Waals surface area contributed by atoms with Crippen LogP contribution in [0.15, 0.2) is 18.2 Å². The first-order valence-electron chi connectivity index (χ1n) is 7.08. The molecule has 0 bridgehead atoms. The molecule has 5 heteroatoms. The summed E-state index contributed by atoms with van der Waals surface area (Å²) in [5, 5.41) is 0. The topological polar surface area (TPSA) is 72.6 Å². The molecule has 5 nitrogen and oxygen atoms in total. The molecule has 2 N–H and O–H groups in total. The predicted molar refractivity (Wildman–Crippen MR) is 83.0 cm³/mol. The average Bonchev–Trinajstić information content (AvgIpc) is 2.42. The van der Waals surface area contributed by atoms with Gasteiger partial charge in [-0.1, -0.05) is 26.0 Å². The van der Waals surface area contributed by atoms with Gasteiger partial charge < -0.3 is 15.4 Å². The molecule has 116 valence electrons. The summed E-state index contributed by atoms with van der Waals surface area (Å²) in [6.45, 7) is 6.82. The molecule has 0 aromatic heterocycles. The fourth-order valence-electron chi connectivity index (χ4n) is 2.19. The van der Waals surface area contributed by atoms with Crippen molar-refractivity contribution in [3.05, 3.63) is 29.3 Å². The number of esters is 1. The first kappa shape index (κ1) is 17.0. The van der Waals surface area contributed by atoms with Crippen molar-refractivity contribution in [3.8, 4) is 0 Å². The van der Waals surface area contributed by atoms with Crippen molar-refractivity contribution < 1.29 is 14.3 Å². The molecule has 0 aliphatic heterocycles. The predicted octanol–water partition coefficient (Wildman–Crippen LogP) is 2.24. The number of aryl methyl sites for hydroxylation is 1. The van der Waals surface area contributed by atoms with Crippen LogP contribution in [0.25, 0.3) is 0 Å². The van der Waals surface area contributed by atoms with Crippen molar-refractivity contribution in [2.24, 2.45) is 5.92 Å². The van der Waals surface area contributed by atoms with Gasteiger partial charge in [0, 0.05) is 18.8 Å². The highest BCUT2D eigenvalue weighted by Crippen LogP contribution is 2.19. The molecule has 1 amide bonds. The number of nitrogens with zero attached hydrogens (tertiary/aromatic N) is 1. The highest BCUT2D eigenvalue weighted by molar-refractivity contribution is 6.00. The number of amides is 1. The van der Waals surface area contributed by atoms with Gasteiger partial charge in [-0.15, -0.1) is 0 Å². The summed E-state index contributed by atoms with van der Waals surface area (Å²) >= 11 is 0. The van der Waals surface area contributed by atoms with Crippen LogP contribution in [0.4, 0.5) is 5.69 Å². The van der Waals surface area contributed by atoms with E-state index in [0.29, 0.717) is 30.3 Å². The Balaban J connectivity index is 2.96. The number of hydrogen-bond acceptors (Lipinski definition) is 4. The number of methoxy groups -OCH3 is 1. The SMILES string of the molecule is COC(=O)CCN(CC(C)C)C(=O)c1c(C)cccc1N. The minimum Gasteiger partial charge on any atom is -0.469 e. The second-order valence-electron chi connectivity index (χ2n) is 5.51. The summed E-state index contributed by atoms with van der Waals surface area (Å²) in [7, 11) is 1.34. The molecule has 1 rings (SSSR count). The second-order valence-corrected chi connectivity index (χ2v) is 5.51. The Labute approximate surface area is 126 Å². The van der Waals surface area contributed by atoms with E-state index in [1.165, 1.54) is 7.11 Å². The van der Waals surface area contributed by atoms with Gasteiger partial charge in [0.1, 0.15) is 0 Å². The summed E-state index contributed by atoms with van der Waals surface area (Å²) in [5.74, 6) is -0.158. The lowest BCUT2D eigenvalue weighted by Crippen LogP contribution is -2.36. The first-order chi connectivity index (χ1) is 9.86. The summed E-state index contributed by atoms with van der Waals surface area (Å²) < 4.78 is 4.64. The Morgan fingerprint density at radius 2 is 2.00 bits per heavy atom. The number of nitrogen functional groups attached to an aromatic ring is 1. The van der Waals surface area contributed by atoms with Gasteiger partial charge in [0.05, 0.1) is 19.1 Å². The van der Waals surface area contributed by atoms with Crippen LogP contribution in [-0.4, -0.2) is 37.0 Å². The van der Waals surface area contributed by atoms with Crippen LogP contribution in [-0.2, 0) is 9.53 Å². The van der Waals surface area contributed by atoms with Crippen molar-refractivity contribution in [1.82, 2.24) is 4.90 Å². The number of nitrogens with two attached hydrogens (primary N) is 1. The Morgan fingerprint density at radius 3 is 2.52 bits per heavy atom. The van der Waals surface area contributed by atoms with Gasteiger partial charge in [0.25, 0.3) is 5.91 Å². The van der Waals surface area contributed by atoms with E-state index in [-0.39, 0.29) is 18.3 Å². The maximum Gasteiger partial charge on any atom is 0.307 e. The lowest BCUT2D eigenvalue weighted by Gasteiger charge is -2.25. The molecule has 0 radical (unpaired) electrons. The number of anilines is 1. The summed E-state index contributed by atoms with van der Waals surface area (Å²) in [6.07, 6.45) is 0.181. The van der Waals surface area contributed by atoms with Gasteiger partial charge >= 0.3 is 5.97 Å². The highest BCUT2D eigenvalue weighted by atomic mass is 16.5. The van der Waals surface area contributed by atoms with E-state index in [1.807, 2.05) is 32.9 Å². The molecule has 0 saturated heterocycles. The smallest absolute Gasteiger partial charge is 0.307 e. The van der Waals surface area contributed by atoms with Gasteiger partial charge in [-0.3, -0.25) is 9.59 Å². The Bertz CT molecular complexity index is 492. The highest BCUT2D eigenvalue weighted by Gasteiger charge is 2.21. The number of hydrogen-bond donors (Lipinski definition) is 1. The van der Waals surface area contributed by atoms with E-state index in [4.69, 9.17) is 5.73 Å². The standard InChI is InChI=1S/C16H24N2O3/c1-11(2)10-18(9-8-14(19)21-4)16(20)15-12(3)6-5-7-13(15)17/h5-7,11H,8-10,17H2,1-4H3. The first-order valence-corrected chi connectivity index (χ1v) is 7.08. The Hall–Kier alpha value is -2.04. The minimum absolute atomic E-state index is 0.136. The van der Waals surface area contributed by atoms with Crippen LogP contribution in [0.5, 0.6) is 0 Å². The molecule has 0 saturated carbocycles. The van der Waals surface area contributed by atoms with Crippen LogP contribution < -0.4 is 5.73 Å². The zero-order valence-corrected chi connectivity index (χ0v) is 13.2. The quantitative estimate of drug-likeness (QED) is 0.644. The minimum atomic E-state index is -0.325. The molecular formula is C16H24N2O3. The lowest BCUT2D eigenvalue weighted by atomic mass is 10.0. The zero-order valence-electron chi connectivity index (χ0n) is 13.2. The molecule has 0 heterocycles. The number of benzene rings is 1. The molecular weight excluding hydrogens is 268 g/mol. The van der Waals surface area contributed by atoms with E-state index in [9.17, 15) is 9.59 Å². The average molecular weight is 292 g/mol. The molecule has 0 aliphatic rings. The number of ether oxygens (including phenoxy) is 1. The van der Waals surface area contributed by atoms with Gasteiger partial charge in [-0.25, -0.2) is 0 Å². The number of rotatable bonds is 6. The fourth-order valence-corrected chi connectivity index (χ4v) is 2.19. The molecule has 0 aliphatic carbocycles. The zero-order chi connectivity index (χ0) is 16.0. The Morgan fingerprint density at radius 1 is 1.33 bits per heavy atom. The molecule has 0 spiro atoms. The molecule has 0 unspecified atom stereocenters. The van der Waals surface area contributed by atoms with Crippen LogP contribution in [0.3, 0.4) is 0 Å². The van der Waals surface area contributed by atoms with Crippen molar-refractivity contribution in [2.75, 3.05) is 25.9 Å². The number of carbonyl (C=O) groups is 2. The third kappa shape index (κ3) is 4.77. The third-order valence-corrected chi connectivity index (χ3v) is 3.21. The summed E-state index contributed by atoms with van der Waals surface area (Å²) in [6, 6.07) is 5.40. The number of carbonyl (C=O) groups excluding carboxylic acids is 2. The van der Waals surface area contributed by atoms with Gasteiger partial charge in [-0.2, -0.15) is 0 Å². The Kier molecular flexibility index (Phi) is 6.21. The van der Waals surface area contributed by atoms with E-state index in [1.54, 1.807) is 11.0 Å². The van der Waals surface area contributed by atoms with Crippen LogP contribution in [0.1, 0.15) is 36.2 Å². The van der Waals surface area contributed by atoms with Gasteiger partial charge in [-0.05, 0) is 24.5 Å². The molecule has 0 atom stereocenters. The normalized spacial score (nSPS) is 10.5. The van der Waals surface area contributed by atoms with Crippen LogP contribution in [0.2, 0.25) is 0 Å². The third-order valence-electron chi connectivity index (χ3n) is 3.21. The van der Waals surface area contributed by atoms with Crippen molar-refractivity contribution in [2.45, 2.75) is 27.2 Å². The monoisotopic (exact) mass is 292 g/mol. The van der Waals surface area contributed by atoms with Crippen molar-refractivity contribution >= 4 is 17.6 Å². The molecule has 0 fully saturated rings. The maximum absolute atomic E-state index is 12.7. The summed E-state index contributed by atoms with van der Waals surface area (Å²) in [5.41, 5.74) is 7.75. The van der Waals surface area contributed by atoms with E-state index < -0.39 is 0 Å². The van der Waals surface area contributed by atoms with Gasteiger partial charge in [0.2, 0.25) is 0 Å². The molecule has 1 aromatic carbocycles. The fraction of sp³-hybridized carbons (Fsp3) is 0.500. The molecule has 21 heavy (non-hydrogen) atoms. The lowest BCUT2D eigenvalue weighted by molar-refractivity contribution is -0.140. The summed E-state index contributed by atoms with van der Waals surface area (Å²) in [4.78, 5) is 25.7. The van der Waals surface area contributed by atoms with Crippen LogP contribution >= 0.6 is 0 Å². The van der Waals surface area contributed by atoms with Crippen molar-refractivity contribution in [3.63, 3.8) is 0 Å². The van der Waals surface area contributed by atoms with E-state index >= 15 is 0 Å². The second kappa shape index (κ2) is 7.67. The van der Waals surface area contributed by atoms with Crippen LogP contribution in [0, 0.1) is 12.8 Å². The largest absolute Gasteiger partial charge is 0.469 e. The van der Waals surface area contributed by atoms with E-state index in [2.05, 4.69) is 4.74 Å².